The van der Waals surface area contributed by atoms with Crippen molar-refractivity contribution in [3.8, 4) is 17.0 Å². The van der Waals surface area contributed by atoms with Gasteiger partial charge in [-0.2, -0.15) is 0 Å². The van der Waals surface area contributed by atoms with Gasteiger partial charge < -0.3 is 19.9 Å². The molecule has 6 heteroatoms. The lowest BCUT2D eigenvalue weighted by atomic mass is 9.97. The molecule has 2 bridgehead atoms. The Morgan fingerprint density at radius 1 is 1.00 bits per heavy atom. The van der Waals surface area contributed by atoms with E-state index in [2.05, 4.69) is 21.8 Å². The van der Waals surface area contributed by atoms with Crippen LogP contribution in [-0.4, -0.2) is 45.7 Å². The number of hydrogen-bond acceptors (Lipinski definition) is 3. The first kappa shape index (κ1) is 20.8. The molecule has 2 saturated heterocycles. The van der Waals surface area contributed by atoms with Crippen LogP contribution in [0.4, 0.5) is 0 Å². The van der Waals surface area contributed by atoms with Gasteiger partial charge >= 0.3 is 0 Å². The summed E-state index contributed by atoms with van der Waals surface area (Å²) in [5.41, 5.74) is 3.57. The summed E-state index contributed by atoms with van der Waals surface area (Å²) in [5, 5.41) is 14.0. The molecule has 158 valence electrons. The summed E-state index contributed by atoms with van der Waals surface area (Å²) in [7, 11) is 4.21. The Bertz CT molecular complexity index is 1060. The Morgan fingerprint density at radius 2 is 1.63 bits per heavy atom. The van der Waals surface area contributed by atoms with E-state index in [0.717, 1.165) is 40.6 Å². The molecule has 3 heterocycles. The van der Waals surface area contributed by atoms with Crippen molar-refractivity contribution < 1.29 is 9.90 Å². The largest absolute Gasteiger partial charge is 0.508 e. The van der Waals surface area contributed by atoms with E-state index >= 15 is 0 Å². The molecule has 0 radical (unpaired) electrons. The quantitative estimate of drug-likeness (QED) is 0.656. The van der Waals surface area contributed by atoms with Gasteiger partial charge in [-0.05, 0) is 68.6 Å². The predicted molar refractivity (Wildman–Crippen MR) is 122 cm³/mol. The maximum absolute atomic E-state index is 13.5. The molecule has 0 aliphatic carbocycles. The maximum atomic E-state index is 13.5. The Balaban J connectivity index is 0.00000218. The summed E-state index contributed by atoms with van der Waals surface area (Å²) in [6.45, 7) is 0. The molecule has 2 aliphatic rings. The molecule has 0 unspecified atom stereocenters. The van der Waals surface area contributed by atoms with E-state index in [1.807, 2.05) is 43.4 Å². The average Bonchev–Trinajstić information content (AvgIpc) is 3.11. The Kier molecular flexibility index (Phi) is 5.51. The summed E-state index contributed by atoms with van der Waals surface area (Å²) in [6, 6.07) is 16.5. The van der Waals surface area contributed by atoms with Crippen molar-refractivity contribution in [2.75, 3.05) is 7.05 Å². The number of para-hydroxylation sites is 1. The molecule has 5 rings (SSSR count). The van der Waals surface area contributed by atoms with Gasteiger partial charge in [-0.15, -0.1) is 12.4 Å². The second-order valence-electron chi connectivity index (χ2n) is 8.54. The zero-order valence-corrected chi connectivity index (χ0v) is 18.2. The van der Waals surface area contributed by atoms with Crippen LogP contribution in [0.25, 0.3) is 22.2 Å². The SMILES string of the molecule is CN1[C@@H]2CC[C@H]1C[C@@H](NC(=O)c1c(-c3ccc(O)cc3)n(C)c3ccccc13)C2.Cl. The topological polar surface area (TPSA) is 57.5 Å². The lowest BCUT2D eigenvalue weighted by Gasteiger charge is -2.36. The third kappa shape index (κ3) is 3.36. The second kappa shape index (κ2) is 7.97. The van der Waals surface area contributed by atoms with E-state index in [1.165, 1.54) is 12.8 Å². The van der Waals surface area contributed by atoms with Crippen LogP contribution < -0.4 is 5.32 Å². The standard InChI is InChI=1S/C24H27N3O2.ClH/c1-26-17-9-10-18(26)14-16(13-17)25-24(29)22-20-5-3-4-6-21(20)27(2)23(22)15-7-11-19(28)12-8-15;/h3-8,11-12,16-18,28H,9-10,13-14H2,1-2H3,(H,25,29);1H/t16-,17+,18-;. The van der Waals surface area contributed by atoms with Crippen molar-refractivity contribution in [1.82, 2.24) is 14.8 Å². The number of piperidine rings is 1. The number of phenolic OH excluding ortho intramolecular Hbond substituents is 1. The summed E-state index contributed by atoms with van der Waals surface area (Å²) < 4.78 is 2.08. The maximum Gasteiger partial charge on any atom is 0.254 e. The first-order valence-corrected chi connectivity index (χ1v) is 10.4. The summed E-state index contributed by atoms with van der Waals surface area (Å²) >= 11 is 0. The second-order valence-corrected chi connectivity index (χ2v) is 8.54. The van der Waals surface area contributed by atoms with E-state index in [1.54, 1.807) is 12.1 Å². The van der Waals surface area contributed by atoms with Gasteiger partial charge in [-0.25, -0.2) is 0 Å². The average molecular weight is 426 g/mol. The number of phenols is 1. The van der Waals surface area contributed by atoms with Gasteiger partial charge in [0.2, 0.25) is 0 Å². The molecule has 2 fully saturated rings. The number of carbonyl (C=O) groups is 1. The third-order valence-electron chi connectivity index (χ3n) is 6.91. The fraction of sp³-hybridized carbons (Fsp3) is 0.375. The molecule has 0 spiro atoms. The molecule has 1 amide bonds. The van der Waals surface area contributed by atoms with Crippen LogP contribution in [0.2, 0.25) is 0 Å². The number of aromatic nitrogens is 1. The highest BCUT2D eigenvalue weighted by molar-refractivity contribution is 6.12. The van der Waals surface area contributed by atoms with E-state index in [4.69, 9.17) is 0 Å². The number of rotatable bonds is 3. The number of benzene rings is 2. The number of hydrogen-bond donors (Lipinski definition) is 2. The third-order valence-corrected chi connectivity index (χ3v) is 6.91. The van der Waals surface area contributed by atoms with E-state index in [9.17, 15) is 9.90 Å². The van der Waals surface area contributed by atoms with E-state index in [0.29, 0.717) is 12.1 Å². The van der Waals surface area contributed by atoms with Crippen LogP contribution in [0.3, 0.4) is 0 Å². The first-order valence-electron chi connectivity index (χ1n) is 10.4. The fourth-order valence-corrected chi connectivity index (χ4v) is 5.37. The fourth-order valence-electron chi connectivity index (χ4n) is 5.37. The van der Waals surface area contributed by atoms with Crippen LogP contribution in [0.15, 0.2) is 48.5 Å². The van der Waals surface area contributed by atoms with Crippen molar-refractivity contribution in [3.05, 3.63) is 54.1 Å². The minimum Gasteiger partial charge on any atom is -0.508 e. The first-order chi connectivity index (χ1) is 14.0. The van der Waals surface area contributed by atoms with Crippen molar-refractivity contribution in [2.45, 2.75) is 43.8 Å². The molecule has 2 N–H and O–H groups in total. The molecule has 2 aromatic carbocycles. The number of aromatic hydroxyl groups is 1. The Hall–Kier alpha value is -2.50. The zero-order valence-electron chi connectivity index (χ0n) is 17.3. The summed E-state index contributed by atoms with van der Waals surface area (Å²) in [4.78, 5) is 16.0. The highest BCUT2D eigenvalue weighted by Gasteiger charge is 2.39. The van der Waals surface area contributed by atoms with E-state index < -0.39 is 0 Å². The minimum absolute atomic E-state index is 0. The van der Waals surface area contributed by atoms with Crippen LogP contribution in [0.1, 0.15) is 36.0 Å². The summed E-state index contributed by atoms with van der Waals surface area (Å²) in [5.74, 6) is 0.221. The molecular formula is C24H28ClN3O2. The van der Waals surface area contributed by atoms with Gasteiger partial charge in [0.05, 0.1) is 11.3 Å². The minimum atomic E-state index is -0.00109. The molecule has 2 aliphatic heterocycles. The Labute approximate surface area is 183 Å². The Morgan fingerprint density at radius 3 is 2.30 bits per heavy atom. The lowest BCUT2D eigenvalue weighted by Crippen LogP contribution is -2.48. The molecule has 30 heavy (non-hydrogen) atoms. The van der Waals surface area contributed by atoms with Gasteiger partial charge in [0, 0.05) is 36.1 Å². The lowest BCUT2D eigenvalue weighted by molar-refractivity contribution is 0.0884. The highest BCUT2D eigenvalue weighted by Crippen LogP contribution is 2.36. The van der Waals surface area contributed by atoms with Crippen molar-refractivity contribution in [3.63, 3.8) is 0 Å². The molecule has 5 nitrogen and oxygen atoms in total. The molecule has 1 aromatic heterocycles. The number of nitrogens with one attached hydrogen (secondary N) is 1. The zero-order chi connectivity index (χ0) is 20.1. The van der Waals surface area contributed by atoms with Crippen LogP contribution in [0.5, 0.6) is 5.75 Å². The van der Waals surface area contributed by atoms with Crippen LogP contribution in [-0.2, 0) is 7.05 Å². The molecule has 3 aromatic rings. The van der Waals surface area contributed by atoms with Gasteiger partial charge in [0.25, 0.3) is 5.91 Å². The predicted octanol–water partition coefficient (Wildman–Crippen LogP) is 4.33. The van der Waals surface area contributed by atoms with Crippen molar-refractivity contribution >= 4 is 29.2 Å². The number of amides is 1. The number of halogens is 1. The highest BCUT2D eigenvalue weighted by atomic mass is 35.5. The normalized spacial score (nSPS) is 23.3. The number of fused-ring (bicyclic) bond motifs is 3. The number of aryl methyl sites for hydroxylation is 1. The monoisotopic (exact) mass is 425 g/mol. The van der Waals surface area contributed by atoms with Crippen molar-refractivity contribution in [1.29, 1.82) is 0 Å². The van der Waals surface area contributed by atoms with Gasteiger partial charge in [0.15, 0.2) is 0 Å². The van der Waals surface area contributed by atoms with Gasteiger partial charge in [0.1, 0.15) is 5.75 Å². The summed E-state index contributed by atoms with van der Waals surface area (Å²) in [6.07, 6.45) is 4.53. The van der Waals surface area contributed by atoms with Crippen molar-refractivity contribution in [2.24, 2.45) is 7.05 Å². The molecule has 0 saturated carbocycles. The molecular weight excluding hydrogens is 398 g/mol. The number of carbonyl (C=O) groups excluding carboxylic acids is 1. The van der Waals surface area contributed by atoms with E-state index in [-0.39, 0.29) is 30.1 Å². The van der Waals surface area contributed by atoms with Crippen LogP contribution in [0, 0.1) is 0 Å². The van der Waals surface area contributed by atoms with Gasteiger partial charge in [-0.3, -0.25) is 4.79 Å². The number of nitrogens with zero attached hydrogens (tertiary/aromatic N) is 2. The van der Waals surface area contributed by atoms with Gasteiger partial charge in [-0.1, -0.05) is 18.2 Å². The smallest absolute Gasteiger partial charge is 0.254 e. The van der Waals surface area contributed by atoms with Crippen LogP contribution >= 0.6 is 12.4 Å². The molecule has 3 atom stereocenters.